The van der Waals surface area contributed by atoms with E-state index < -0.39 is 0 Å². The summed E-state index contributed by atoms with van der Waals surface area (Å²) >= 11 is 12.6. The maximum Gasteiger partial charge on any atom is 0.138 e. The molecule has 21 heavy (non-hydrogen) atoms. The molecule has 1 aliphatic rings. The summed E-state index contributed by atoms with van der Waals surface area (Å²) in [4.78, 5) is 0. The maximum atomic E-state index is 6.40. The Labute approximate surface area is 135 Å². The van der Waals surface area contributed by atoms with Gasteiger partial charge >= 0.3 is 0 Å². The highest BCUT2D eigenvalue weighted by atomic mass is 35.5. The van der Waals surface area contributed by atoms with E-state index in [2.05, 4.69) is 12.2 Å². The molecule has 1 N–H and O–H groups in total. The standard InChI is InChI=1S/C15H21Cl2NO3/c1-3-4-18-15(14-9-20-5-6-21-14)10-7-12(17)13(19-2)8-11(10)16/h7-8,14-15,18H,3-6,9H2,1-2H3. The second kappa shape index (κ2) is 8.20. The molecular formula is C15H21Cl2NO3. The van der Waals surface area contributed by atoms with E-state index in [4.69, 9.17) is 37.4 Å². The van der Waals surface area contributed by atoms with Crippen LogP contribution in [0, 0.1) is 0 Å². The Kier molecular flexibility index (Phi) is 6.58. The summed E-state index contributed by atoms with van der Waals surface area (Å²) in [5, 5.41) is 4.62. The lowest BCUT2D eigenvalue weighted by Crippen LogP contribution is -2.41. The van der Waals surface area contributed by atoms with E-state index in [1.54, 1.807) is 13.2 Å². The molecule has 0 bridgehead atoms. The molecule has 1 fully saturated rings. The van der Waals surface area contributed by atoms with E-state index >= 15 is 0 Å². The number of methoxy groups -OCH3 is 1. The van der Waals surface area contributed by atoms with Gasteiger partial charge in [0.25, 0.3) is 0 Å². The Morgan fingerprint density at radius 1 is 1.33 bits per heavy atom. The second-order valence-electron chi connectivity index (χ2n) is 4.92. The van der Waals surface area contributed by atoms with Crippen LogP contribution in [0.15, 0.2) is 12.1 Å². The van der Waals surface area contributed by atoms with Crippen molar-refractivity contribution in [3.05, 3.63) is 27.7 Å². The molecule has 0 aliphatic carbocycles. The molecule has 118 valence electrons. The van der Waals surface area contributed by atoms with Crippen LogP contribution in [0.4, 0.5) is 0 Å². The number of benzene rings is 1. The van der Waals surface area contributed by atoms with Crippen LogP contribution in [-0.2, 0) is 9.47 Å². The minimum atomic E-state index is -0.0766. The highest BCUT2D eigenvalue weighted by Gasteiger charge is 2.28. The fraction of sp³-hybridized carbons (Fsp3) is 0.600. The van der Waals surface area contributed by atoms with Crippen LogP contribution in [0.3, 0.4) is 0 Å². The lowest BCUT2D eigenvalue weighted by molar-refractivity contribution is -0.102. The molecule has 2 rings (SSSR count). The summed E-state index contributed by atoms with van der Waals surface area (Å²) in [5.74, 6) is 0.570. The van der Waals surface area contributed by atoms with Crippen LogP contribution >= 0.6 is 23.2 Å². The van der Waals surface area contributed by atoms with Gasteiger partial charge in [-0.15, -0.1) is 0 Å². The Balaban J connectivity index is 2.28. The van der Waals surface area contributed by atoms with Crippen LogP contribution in [-0.4, -0.2) is 39.6 Å². The summed E-state index contributed by atoms with van der Waals surface area (Å²) in [5.41, 5.74) is 0.909. The minimum absolute atomic E-state index is 0.0545. The van der Waals surface area contributed by atoms with E-state index in [9.17, 15) is 0 Å². The highest BCUT2D eigenvalue weighted by Crippen LogP contribution is 2.36. The maximum absolute atomic E-state index is 6.40. The largest absolute Gasteiger partial charge is 0.495 e. The second-order valence-corrected chi connectivity index (χ2v) is 5.74. The first-order valence-electron chi connectivity index (χ1n) is 7.13. The molecule has 4 nitrogen and oxygen atoms in total. The van der Waals surface area contributed by atoms with Crippen molar-refractivity contribution in [2.75, 3.05) is 33.5 Å². The first-order chi connectivity index (χ1) is 10.2. The molecule has 0 spiro atoms. The molecule has 2 atom stereocenters. The predicted molar refractivity (Wildman–Crippen MR) is 84.6 cm³/mol. The monoisotopic (exact) mass is 333 g/mol. The Bertz CT molecular complexity index is 464. The first kappa shape index (κ1) is 16.8. The molecule has 1 saturated heterocycles. The molecule has 1 aromatic carbocycles. The Morgan fingerprint density at radius 2 is 2.14 bits per heavy atom. The van der Waals surface area contributed by atoms with Crippen molar-refractivity contribution >= 4 is 23.2 Å². The van der Waals surface area contributed by atoms with E-state index in [1.165, 1.54) is 0 Å². The van der Waals surface area contributed by atoms with Gasteiger partial charge in [-0.05, 0) is 24.6 Å². The number of hydrogen-bond acceptors (Lipinski definition) is 4. The zero-order chi connectivity index (χ0) is 15.2. The van der Waals surface area contributed by atoms with E-state index in [0.29, 0.717) is 35.6 Å². The van der Waals surface area contributed by atoms with Gasteiger partial charge in [0.15, 0.2) is 0 Å². The fourth-order valence-electron chi connectivity index (χ4n) is 2.38. The zero-order valence-corrected chi connectivity index (χ0v) is 13.8. The SMILES string of the molecule is CCCNC(c1cc(Cl)c(OC)cc1Cl)C1COCCO1. The van der Waals surface area contributed by atoms with Gasteiger partial charge in [-0.1, -0.05) is 30.1 Å². The van der Waals surface area contributed by atoms with Gasteiger partial charge in [-0.3, -0.25) is 0 Å². The smallest absolute Gasteiger partial charge is 0.138 e. The van der Waals surface area contributed by atoms with E-state index in [1.807, 2.05) is 6.07 Å². The van der Waals surface area contributed by atoms with Crippen molar-refractivity contribution in [1.29, 1.82) is 0 Å². The number of hydrogen-bond donors (Lipinski definition) is 1. The number of rotatable bonds is 6. The quantitative estimate of drug-likeness (QED) is 0.865. The zero-order valence-electron chi connectivity index (χ0n) is 12.3. The third-order valence-electron chi connectivity index (χ3n) is 3.43. The van der Waals surface area contributed by atoms with Crippen molar-refractivity contribution in [3.8, 4) is 5.75 Å². The average molecular weight is 334 g/mol. The normalized spacial score (nSPS) is 20.3. The number of ether oxygens (including phenoxy) is 3. The third-order valence-corrected chi connectivity index (χ3v) is 4.06. The minimum Gasteiger partial charge on any atom is -0.495 e. The first-order valence-corrected chi connectivity index (χ1v) is 7.88. The van der Waals surface area contributed by atoms with Gasteiger partial charge < -0.3 is 19.5 Å². The summed E-state index contributed by atoms with van der Waals surface area (Å²) in [6.07, 6.45) is 0.943. The molecule has 0 radical (unpaired) electrons. The van der Waals surface area contributed by atoms with Crippen molar-refractivity contribution in [2.24, 2.45) is 0 Å². The van der Waals surface area contributed by atoms with Crippen molar-refractivity contribution < 1.29 is 14.2 Å². The number of nitrogens with one attached hydrogen (secondary N) is 1. The van der Waals surface area contributed by atoms with Crippen LogP contribution in [0.5, 0.6) is 5.75 Å². The third kappa shape index (κ3) is 4.24. The van der Waals surface area contributed by atoms with Gasteiger partial charge in [-0.2, -0.15) is 0 Å². The molecule has 0 amide bonds. The fourth-order valence-corrected chi connectivity index (χ4v) is 2.90. The van der Waals surface area contributed by atoms with Crippen LogP contribution in [0.25, 0.3) is 0 Å². The molecule has 6 heteroatoms. The molecule has 1 aromatic rings. The van der Waals surface area contributed by atoms with Crippen LogP contribution in [0.2, 0.25) is 10.0 Å². The lowest BCUT2D eigenvalue weighted by atomic mass is 10.0. The topological polar surface area (TPSA) is 39.7 Å². The van der Waals surface area contributed by atoms with Crippen molar-refractivity contribution in [3.63, 3.8) is 0 Å². The summed E-state index contributed by atoms with van der Waals surface area (Å²) < 4.78 is 16.5. The van der Waals surface area contributed by atoms with Crippen molar-refractivity contribution in [1.82, 2.24) is 5.32 Å². The van der Waals surface area contributed by atoms with Crippen LogP contribution in [0.1, 0.15) is 24.9 Å². The molecule has 0 saturated carbocycles. The molecule has 2 unspecified atom stereocenters. The molecular weight excluding hydrogens is 313 g/mol. The van der Waals surface area contributed by atoms with Gasteiger partial charge in [0, 0.05) is 11.1 Å². The van der Waals surface area contributed by atoms with Gasteiger partial charge in [0.1, 0.15) is 11.9 Å². The van der Waals surface area contributed by atoms with Crippen molar-refractivity contribution in [2.45, 2.75) is 25.5 Å². The summed E-state index contributed by atoms with van der Waals surface area (Å²) in [7, 11) is 1.57. The average Bonchev–Trinajstić information content (AvgIpc) is 2.51. The molecule has 1 aliphatic heterocycles. The lowest BCUT2D eigenvalue weighted by Gasteiger charge is -2.32. The Hall–Kier alpha value is -0.520. The molecule has 0 aromatic heterocycles. The Morgan fingerprint density at radius 3 is 2.76 bits per heavy atom. The van der Waals surface area contributed by atoms with Crippen LogP contribution < -0.4 is 10.1 Å². The predicted octanol–water partition coefficient (Wildman–Crippen LogP) is 3.46. The van der Waals surface area contributed by atoms with Gasteiger partial charge in [-0.25, -0.2) is 0 Å². The molecule has 1 heterocycles. The van der Waals surface area contributed by atoms with E-state index in [-0.39, 0.29) is 12.1 Å². The van der Waals surface area contributed by atoms with Gasteiger partial charge in [0.05, 0.1) is 38.0 Å². The highest BCUT2D eigenvalue weighted by molar-refractivity contribution is 6.34. The number of halogens is 2. The summed E-state index contributed by atoms with van der Waals surface area (Å²) in [6.45, 7) is 4.75. The summed E-state index contributed by atoms with van der Waals surface area (Å²) in [6, 6.07) is 3.53. The van der Waals surface area contributed by atoms with Gasteiger partial charge in [0.2, 0.25) is 0 Å². The van der Waals surface area contributed by atoms with E-state index in [0.717, 1.165) is 18.5 Å².